The minimum absolute atomic E-state index is 0.0194. The molecule has 0 aliphatic rings. The highest BCUT2D eigenvalue weighted by atomic mass is 16.5. The second-order valence-corrected chi connectivity index (χ2v) is 29.5. The van der Waals surface area contributed by atoms with Crippen LogP contribution in [-0.2, 0) is 14.3 Å². The van der Waals surface area contributed by atoms with Crippen LogP contribution in [-0.4, -0.2) is 47.4 Å². The Morgan fingerprint density at radius 1 is 0.297 bits per heavy atom. The van der Waals surface area contributed by atoms with Crippen LogP contribution in [0.15, 0.2) is 12.2 Å². The summed E-state index contributed by atoms with van der Waals surface area (Å²) in [6.45, 7) is 5.01. The quantitative estimate of drug-likeness (QED) is 0.0320. The van der Waals surface area contributed by atoms with Gasteiger partial charge in [-0.15, -0.1) is 0 Å². The summed E-state index contributed by atoms with van der Waals surface area (Å²) < 4.78 is 5.51. The van der Waals surface area contributed by atoms with Gasteiger partial charge >= 0.3 is 5.97 Å². The average molecular weight is 1280 g/mol. The first-order valence-electron chi connectivity index (χ1n) is 42.4. The Hall–Kier alpha value is -1.40. The van der Waals surface area contributed by atoms with Crippen LogP contribution in [0.2, 0.25) is 0 Å². The first kappa shape index (κ1) is 89.6. The predicted molar refractivity (Wildman–Crippen MR) is 403 cm³/mol. The highest BCUT2D eigenvalue weighted by Crippen LogP contribution is 2.21. The van der Waals surface area contributed by atoms with Gasteiger partial charge in [0.05, 0.1) is 25.4 Å². The molecule has 0 aromatic carbocycles. The fourth-order valence-corrected chi connectivity index (χ4v) is 13.9. The number of ether oxygens (including phenoxy) is 1. The van der Waals surface area contributed by atoms with Crippen LogP contribution in [0, 0.1) is 0 Å². The summed E-state index contributed by atoms with van der Waals surface area (Å²) in [5.41, 5.74) is 0. The highest BCUT2D eigenvalue weighted by Gasteiger charge is 2.20. The molecule has 6 heteroatoms. The SMILES string of the molecule is CCCCCCCC/C=C\CCCCCCCCCC(=O)OCCCCCCCCCCCCCCCCCCCCCCCCCCCCCCCCCCC(=O)NC(CO)C(O)CCCCCCCCCCCCCCCCCCCCCCCCCCC. The summed E-state index contributed by atoms with van der Waals surface area (Å²) in [7, 11) is 0. The Bertz CT molecular complexity index is 1380. The number of allylic oxidation sites excluding steroid dienone is 2. The van der Waals surface area contributed by atoms with Crippen molar-refractivity contribution in [1.82, 2.24) is 5.32 Å². The molecule has 0 aromatic heterocycles. The lowest BCUT2D eigenvalue weighted by molar-refractivity contribution is -0.143. The molecule has 0 fully saturated rings. The molecular weight excluding hydrogens is 1110 g/mol. The van der Waals surface area contributed by atoms with Crippen molar-refractivity contribution in [1.29, 1.82) is 0 Å². The first-order valence-corrected chi connectivity index (χ1v) is 42.4. The van der Waals surface area contributed by atoms with E-state index in [1.54, 1.807) is 0 Å². The summed E-state index contributed by atoms with van der Waals surface area (Å²) >= 11 is 0. The molecule has 2 atom stereocenters. The van der Waals surface area contributed by atoms with E-state index in [0.29, 0.717) is 25.9 Å². The Balaban J connectivity index is 3.32. The number of rotatable bonds is 81. The molecule has 0 saturated heterocycles. The van der Waals surface area contributed by atoms with E-state index in [2.05, 4.69) is 31.3 Å². The number of amides is 1. The van der Waals surface area contributed by atoms with Crippen LogP contribution in [0.5, 0.6) is 0 Å². The molecule has 3 N–H and O–H groups in total. The van der Waals surface area contributed by atoms with Crippen LogP contribution in [0.25, 0.3) is 0 Å². The van der Waals surface area contributed by atoms with Crippen LogP contribution in [0.1, 0.15) is 495 Å². The van der Waals surface area contributed by atoms with E-state index in [1.165, 1.54) is 424 Å². The fraction of sp³-hybridized carbons (Fsp3) is 0.953. The van der Waals surface area contributed by atoms with Crippen LogP contribution in [0.3, 0.4) is 0 Å². The minimum atomic E-state index is -0.662. The van der Waals surface area contributed by atoms with Crippen molar-refractivity contribution < 1.29 is 24.5 Å². The molecular formula is C85H167NO5. The van der Waals surface area contributed by atoms with E-state index >= 15 is 0 Å². The lowest BCUT2D eigenvalue weighted by atomic mass is 10.0. The van der Waals surface area contributed by atoms with Crippen molar-refractivity contribution in [2.75, 3.05) is 13.2 Å². The van der Waals surface area contributed by atoms with Crippen molar-refractivity contribution in [3.63, 3.8) is 0 Å². The first-order chi connectivity index (χ1) is 45.0. The van der Waals surface area contributed by atoms with Gasteiger partial charge in [-0.2, -0.15) is 0 Å². The number of aliphatic hydroxyl groups is 2. The number of aliphatic hydroxyl groups excluding tert-OH is 2. The van der Waals surface area contributed by atoms with Gasteiger partial charge < -0.3 is 20.3 Å². The zero-order chi connectivity index (χ0) is 65.6. The Morgan fingerprint density at radius 3 is 0.780 bits per heavy atom. The minimum Gasteiger partial charge on any atom is -0.466 e. The standard InChI is InChI=1S/C85H167NO5/c1-3-5-7-9-11-13-15-17-19-21-22-23-24-33-36-39-42-46-49-53-57-61-65-69-73-77-83(88)82(81-87)86-84(89)78-74-70-66-62-58-54-50-47-43-40-37-34-31-29-27-25-26-28-30-32-35-38-41-44-48-52-56-60-64-68-72-76-80-91-85(90)79-75-71-67-63-59-55-51-45-20-18-16-14-12-10-8-6-4-2/h18,20,82-83,87-88H,3-17,19,21-81H2,1-2H3,(H,86,89)/b20-18-. The summed E-state index contributed by atoms with van der Waals surface area (Å²) in [5, 5.41) is 23.5. The molecule has 0 aliphatic carbocycles. The molecule has 0 saturated carbocycles. The molecule has 1 amide bonds. The Kier molecular flexibility index (Phi) is 79.8. The number of hydrogen-bond acceptors (Lipinski definition) is 5. The summed E-state index contributed by atoms with van der Waals surface area (Å²) in [5.74, 6) is -0.00432. The maximum Gasteiger partial charge on any atom is 0.305 e. The van der Waals surface area contributed by atoms with Gasteiger partial charge in [0.1, 0.15) is 0 Å². The van der Waals surface area contributed by atoms with Gasteiger partial charge in [0.25, 0.3) is 0 Å². The van der Waals surface area contributed by atoms with Crippen molar-refractivity contribution in [3.8, 4) is 0 Å². The number of nitrogens with one attached hydrogen (secondary N) is 1. The van der Waals surface area contributed by atoms with Crippen LogP contribution < -0.4 is 5.32 Å². The lowest BCUT2D eigenvalue weighted by Crippen LogP contribution is -2.45. The molecule has 542 valence electrons. The number of hydrogen-bond donors (Lipinski definition) is 3. The second kappa shape index (κ2) is 81.0. The number of unbranched alkanes of at least 4 members (excludes halogenated alkanes) is 68. The van der Waals surface area contributed by atoms with E-state index in [1.807, 2.05) is 0 Å². The van der Waals surface area contributed by atoms with Gasteiger partial charge in [-0.25, -0.2) is 0 Å². The van der Waals surface area contributed by atoms with E-state index in [-0.39, 0.29) is 18.5 Å². The smallest absolute Gasteiger partial charge is 0.305 e. The van der Waals surface area contributed by atoms with Crippen LogP contribution in [0.4, 0.5) is 0 Å². The normalized spacial score (nSPS) is 12.4. The number of carbonyl (C=O) groups is 2. The topological polar surface area (TPSA) is 95.9 Å². The van der Waals surface area contributed by atoms with Crippen molar-refractivity contribution in [2.45, 2.75) is 508 Å². The molecule has 0 rings (SSSR count). The van der Waals surface area contributed by atoms with E-state index < -0.39 is 12.1 Å². The predicted octanol–water partition coefficient (Wildman–Crippen LogP) is 28.2. The Labute approximate surface area is 571 Å². The van der Waals surface area contributed by atoms with Gasteiger partial charge in [-0.3, -0.25) is 9.59 Å². The monoisotopic (exact) mass is 1280 g/mol. The largest absolute Gasteiger partial charge is 0.466 e. The molecule has 2 unspecified atom stereocenters. The third-order valence-corrected chi connectivity index (χ3v) is 20.3. The van der Waals surface area contributed by atoms with Gasteiger partial charge in [0.2, 0.25) is 5.91 Å². The second-order valence-electron chi connectivity index (χ2n) is 29.5. The summed E-state index contributed by atoms with van der Waals surface area (Å²) in [6.07, 6.45) is 103. The zero-order valence-corrected chi connectivity index (χ0v) is 62.4. The fourth-order valence-electron chi connectivity index (χ4n) is 13.9. The molecule has 0 aromatic rings. The number of carbonyl (C=O) groups excluding carboxylic acids is 2. The van der Waals surface area contributed by atoms with Gasteiger partial charge in [0.15, 0.2) is 0 Å². The molecule has 0 spiro atoms. The number of esters is 1. The molecule has 0 radical (unpaired) electrons. The zero-order valence-electron chi connectivity index (χ0n) is 62.4. The molecule has 91 heavy (non-hydrogen) atoms. The van der Waals surface area contributed by atoms with Crippen molar-refractivity contribution in [2.24, 2.45) is 0 Å². The molecule has 0 aliphatic heterocycles. The summed E-state index contributed by atoms with van der Waals surface area (Å²) in [6, 6.07) is -0.539. The maximum atomic E-state index is 12.6. The Morgan fingerprint density at radius 2 is 0.516 bits per heavy atom. The van der Waals surface area contributed by atoms with Gasteiger partial charge in [-0.1, -0.05) is 443 Å². The molecule has 0 bridgehead atoms. The highest BCUT2D eigenvalue weighted by molar-refractivity contribution is 5.76. The average Bonchev–Trinajstić information content (AvgIpc) is 3.66. The third-order valence-electron chi connectivity index (χ3n) is 20.3. The molecule has 6 nitrogen and oxygen atoms in total. The van der Waals surface area contributed by atoms with Crippen molar-refractivity contribution >= 4 is 11.9 Å². The molecule has 0 heterocycles. The van der Waals surface area contributed by atoms with E-state index in [9.17, 15) is 19.8 Å². The van der Waals surface area contributed by atoms with Gasteiger partial charge in [0, 0.05) is 12.8 Å². The van der Waals surface area contributed by atoms with Gasteiger partial charge in [-0.05, 0) is 51.4 Å². The summed E-state index contributed by atoms with van der Waals surface area (Å²) in [4.78, 5) is 24.7. The van der Waals surface area contributed by atoms with E-state index in [0.717, 1.165) is 38.5 Å². The maximum absolute atomic E-state index is 12.6. The van der Waals surface area contributed by atoms with E-state index in [4.69, 9.17) is 4.74 Å². The lowest BCUT2D eigenvalue weighted by Gasteiger charge is -2.22. The van der Waals surface area contributed by atoms with Crippen LogP contribution >= 0.6 is 0 Å². The van der Waals surface area contributed by atoms with Crippen molar-refractivity contribution in [3.05, 3.63) is 12.2 Å². The third kappa shape index (κ3) is 77.5.